The second kappa shape index (κ2) is 6.61. The van der Waals surface area contributed by atoms with Gasteiger partial charge in [0.2, 0.25) is 0 Å². The van der Waals surface area contributed by atoms with Crippen LogP contribution >= 0.6 is 0 Å². The van der Waals surface area contributed by atoms with Gasteiger partial charge in [0, 0.05) is 0 Å². The van der Waals surface area contributed by atoms with E-state index in [0.717, 1.165) is 5.56 Å². The number of carboxylic acids is 1. The Morgan fingerprint density at radius 1 is 1.05 bits per heavy atom. The number of carboxylic acid groups (broad SMARTS) is 1. The Morgan fingerprint density at radius 3 is 2.45 bits per heavy atom. The summed E-state index contributed by atoms with van der Waals surface area (Å²) in [6, 6.07) is 14.5. The lowest BCUT2D eigenvalue weighted by Crippen LogP contribution is -2.05. The molecule has 0 aliphatic heterocycles. The molecule has 0 amide bonds. The Morgan fingerprint density at radius 2 is 1.80 bits per heavy atom. The Kier molecular flexibility index (Phi) is 4.60. The normalized spacial score (nSPS) is 10.1. The van der Waals surface area contributed by atoms with Gasteiger partial charge < -0.3 is 14.6 Å². The second-order valence-corrected chi connectivity index (χ2v) is 4.15. The van der Waals surface area contributed by atoms with Crippen LogP contribution in [-0.2, 0) is 6.61 Å². The zero-order valence-corrected chi connectivity index (χ0v) is 11.2. The van der Waals surface area contributed by atoms with Crippen LogP contribution in [0.15, 0.2) is 48.5 Å². The van der Waals surface area contributed by atoms with E-state index in [9.17, 15) is 4.79 Å². The average Bonchev–Trinajstić information content (AvgIpc) is 2.47. The second-order valence-electron chi connectivity index (χ2n) is 4.15. The summed E-state index contributed by atoms with van der Waals surface area (Å²) in [6.45, 7) is 2.55. The maximum atomic E-state index is 11.2. The SMILES string of the molecule is CCOc1c(OCc2ccccc2)cccc1C(=O)O. The van der Waals surface area contributed by atoms with E-state index in [2.05, 4.69) is 0 Å². The van der Waals surface area contributed by atoms with E-state index >= 15 is 0 Å². The van der Waals surface area contributed by atoms with Crippen LogP contribution in [0.5, 0.6) is 11.5 Å². The summed E-state index contributed by atoms with van der Waals surface area (Å²) in [5.41, 5.74) is 1.12. The minimum atomic E-state index is -1.03. The first-order valence-corrected chi connectivity index (χ1v) is 6.38. The number of ether oxygens (including phenoxy) is 2. The van der Waals surface area contributed by atoms with E-state index in [0.29, 0.717) is 19.0 Å². The third-order valence-electron chi connectivity index (χ3n) is 2.74. The Balaban J connectivity index is 2.22. The maximum absolute atomic E-state index is 11.2. The predicted octanol–water partition coefficient (Wildman–Crippen LogP) is 3.36. The van der Waals surface area contributed by atoms with Gasteiger partial charge in [0.05, 0.1) is 6.61 Å². The molecule has 2 rings (SSSR count). The van der Waals surface area contributed by atoms with Crippen molar-refractivity contribution in [3.8, 4) is 11.5 Å². The molecule has 4 nitrogen and oxygen atoms in total. The molecular weight excluding hydrogens is 256 g/mol. The smallest absolute Gasteiger partial charge is 0.339 e. The molecule has 104 valence electrons. The highest BCUT2D eigenvalue weighted by molar-refractivity contribution is 5.92. The molecule has 0 radical (unpaired) electrons. The van der Waals surface area contributed by atoms with Gasteiger partial charge in [0.15, 0.2) is 11.5 Å². The van der Waals surface area contributed by atoms with Crippen molar-refractivity contribution >= 4 is 5.97 Å². The third kappa shape index (κ3) is 3.29. The van der Waals surface area contributed by atoms with Crippen LogP contribution in [0.1, 0.15) is 22.8 Å². The Bertz CT molecular complexity index is 578. The first-order chi connectivity index (χ1) is 9.72. The van der Waals surface area contributed by atoms with Crippen molar-refractivity contribution in [1.29, 1.82) is 0 Å². The monoisotopic (exact) mass is 272 g/mol. The lowest BCUT2D eigenvalue weighted by atomic mass is 10.2. The Hall–Kier alpha value is -2.49. The fourth-order valence-electron chi connectivity index (χ4n) is 1.83. The highest BCUT2D eigenvalue weighted by Gasteiger charge is 2.16. The molecule has 4 heteroatoms. The summed E-state index contributed by atoms with van der Waals surface area (Å²) in [6.07, 6.45) is 0. The van der Waals surface area contributed by atoms with E-state index in [1.54, 1.807) is 19.1 Å². The number of benzene rings is 2. The largest absolute Gasteiger partial charge is 0.489 e. The van der Waals surface area contributed by atoms with E-state index < -0.39 is 5.97 Å². The lowest BCUT2D eigenvalue weighted by Gasteiger charge is -2.13. The van der Waals surface area contributed by atoms with Crippen LogP contribution in [0.25, 0.3) is 0 Å². The van der Waals surface area contributed by atoms with Crippen molar-refractivity contribution in [1.82, 2.24) is 0 Å². The molecule has 0 aromatic heterocycles. The highest BCUT2D eigenvalue weighted by atomic mass is 16.5. The van der Waals surface area contributed by atoms with Crippen LogP contribution in [0.4, 0.5) is 0 Å². The zero-order valence-electron chi connectivity index (χ0n) is 11.2. The van der Waals surface area contributed by atoms with Crippen LogP contribution in [0.2, 0.25) is 0 Å². The van der Waals surface area contributed by atoms with Gasteiger partial charge in [-0.3, -0.25) is 0 Å². The number of hydrogen-bond donors (Lipinski definition) is 1. The Labute approximate surface area is 117 Å². The number of carbonyl (C=O) groups is 1. The van der Waals surface area contributed by atoms with Crippen molar-refractivity contribution in [2.24, 2.45) is 0 Å². The number of hydrogen-bond acceptors (Lipinski definition) is 3. The fraction of sp³-hybridized carbons (Fsp3) is 0.188. The van der Waals surface area contributed by atoms with E-state index in [1.807, 2.05) is 30.3 Å². The first-order valence-electron chi connectivity index (χ1n) is 6.38. The molecule has 0 aliphatic rings. The number of aromatic carboxylic acids is 1. The third-order valence-corrected chi connectivity index (χ3v) is 2.74. The van der Waals surface area contributed by atoms with Gasteiger partial charge in [-0.15, -0.1) is 0 Å². The predicted molar refractivity (Wildman–Crippen MR) is 75.3 cm³/mol. The van der Waals surface area contributed by atoms with E-state index in [1.165, 1.54) is 6.07 Å². The molecule has 0 aliphatic carbocycles. The minimum absolute atomic E-state index is 0.109. The molecule has 0 spiro atoms. The van der Waals surface area contributed by atoms with Crippen LogP contribution in [0, 0.1) is 0 Å². The standard InChI is InChI=1S/C16H16O4/c1-2-19-15-13(16(17)18)9-6-10-14(15)20-11-12-7-4-3-5-8-12/h3-10H,2,11H2,1H3,(H,17,18). The van der Waals surface area contributed by atoms with Crippen LogP contribution in [0.3, 0.4) is 0 Å². The molecule has 0 saturated heterocycles. The number of rotatable bonds is 6. The van der Waals surface area contributed by atoms with Crippen LogP contribution in [-0.4, -0.2) is 17.7 Å². The summed E-state index contributed by atoms with van der Waals surface area (Å²) >= 11 is 0. The summed E-state index contributed by atoms with van der Waals surface area (Å²) in [7, 11) is 0. The van der Waals surface area contributed by atoms with Gasteiger partial charge >= 0.3 is 5.97 Å². The van der Waals surface area contributed by atoms with Gasteiger partial charge in [-0.05, 0) is 24.6 Å². The van der Waals surface area contributed by atoms with Gasteiger partial charge in [0.25, 0.3) is 0 Å². The maximum Gasteiger partial charge on any atom is 0.339 e. The fourth-order valence-corrected chi connectivity index (χ4v) is 1.83. The minimum Gasteiger partial charge on any atom is -0.489 e. The van der Waals surface area contributed by atoms with Gasteiger partial charge in [-0.1, -0.05) is 36.4 Å². The van der Waals surface area contributed by atoms with Crippen molar-refractivity contribution in [3.05, 3.63) is 59.7 Å². The van der Waals surface area contributed by atoms with Crippen molar-refractivity contribution in [2.45, 2.75) is 13.5 Å². The molecule has 20 heavy (non-hydrogen) atoms. The molecule has 0 bridgehead atoms. The summed E-state index contributed by atoms with van der Waals surface area (Å²) in [5.74, 6) is -0.312. The molecule has 0 heterocycles. The number of para-hydroxylation sites is 1. The summed E-state index contributed by atoms with van der Waals surface area (Å²) in [4.78, 5) is 11.2. The first kappa shape index (κ1) is 13.9. The highest BCUT2D eigenvalue weighted by Crippen LogP contribution is 2.32. The topological polar surface area (TPSA) is 55.8 Å². The van der Waals surface area contributed by atoms with Gasteiger partial charge in [0.1, 0.15) is 12.2 Å². The molecule has 0 fully saturated rings. The molecule has 0 unspecified atom stereocenters. The lowest BCUT2D eigenvalue weighted by molar-refractivity contribution is 0.0691. The average molecular weight is 272 g/mol. The molecular formula is C16H16O4. The van der Waals surface area contributed by atoms with Crippen molar-refractivity contribution in [2.75, 3.05) is 6.61 Å². The van der Waals surface area contributed by atoms with E-state index in [4.69, 9.17) is 14.6 Å². The molecule has 0 atom stereocenters. The molecule has 2 aromatic carbocycles. The van der Waals surface area contributed by atoms with Crippen LogP contribution < -0.4 is 9.47 Å². The van der Waals surface area contributed by atoms with Crippen molar-refractivity contribution in [3.63, 3.8) is 0 Å². The summed E-state index contributed by atoms with van der Waals surface area (Å²) < 4.78 is 11.1. The van der Waals surface area contributed by atoms with Gasteiger partial charge in [-0.25, -0.2) is 4.79 Å². The molecule has 2 aromatic rings. The zero-order chi connectivity index (χ0) is 14.4. The summed E-state index contributed by atoms with van der Waals surface area (Å²) in [5, 5.41) is 9.17. The van der Waals surface area contributed by atoms with Crippen molar-refractivity contribution < 1.29 is 19.4 Å². The molecule has 1 N–H and O–H groups in total. The molecule has 0 saturated carbocycles. The van der Waals surface area contributed by atoms with Gasteiger partial charge in [-0.2, -0.15) is 0 Å². The quantitative estimate of drug-likeness (QED) is 0.876. The van der Waals surface area contributed by atoms with E-state index in [-0.39, 0.29) is 11.3 Å².